The van der Waals surface area contributed by atoms with Crippen LogP contribution in [0.1, 0.15) is 96.8 Å². The van der Waals surface area contributed by atoms with Gasteiger partial charge in [-0.05, 0) is 32.1 Å². The fourth-order valence-corrected chi connectivity index (χ4v) is 2.93. The minimum absolute atomic E-state index is 0.159. The monoisotopic (exact) mass is 400 g/mol. The largest absolute Gasteiger partial charge is 0.465 e. The molecule has 0 atom stereocenters. The molecule has 28 heavy (non-hydrogen) atoms. The van der Waals surface area contributed by atoms with E-state index in [1.807, 2.05) is 0 Å². The number of hydrogen-bond donors (Lipinski definition) is 3. The number of unbranched alkanes of at least 4 members (excludes halogenated alkanes) is 11. The van der Waals surface area contributed by atoms with E-state index in [1.54, 1.807) is 0 Å². The molecule has 3 N–H and O–H groups in total. The Balaban J connectivity index is 3.47. The Kier molecular flexibility index (Phi) is 18.8. The van der Waals surface area contributed by atoms with Crippen molar-refractivity contribution in [3.63, 3.8) is 0 Å². The molecule has 0 aromatic carbocycles. The molecule has 0 unspecified atom stereocenters. The third kappa shape index (κ3) is 15.1. The highest BCUT2D eigenvalue weighted by Gasteiger charge is 2.29. The first-order chi connectivity index (χ1) is 13.6. The van der Waals surface area contributed by atoms with Gasteiger partial charge in [-0.15, -0.1) is 0 Å². The van der Waals surface area contributed by atoms with Crippen molar-refractivity contribution in [3.05, 3.63) is 12.2 Å². The summed E-state index contributed by atoms with van der Waals surface area (Å²) < 4.78 is 5.06. The third-order valence-corrected chi connectivity index (χ3v) is 5.19. The van der Waals surface area contributed by atoms with E-state index < -0.39 is 25.2 Å². The maximum Gasteiger partial charge on any atom is 0.305 e. The lowest BCUT2D eigenvalue weighted by molar-refractivity contribution is -0.151. The van der Waals surface area contributed by atoms with E-state index in [1.165, 1.54) is 57.8 Å². The quantitative estimate of drug-likeness (QED) is 0.159. The average Bonchev–Trinajstić information content (AvgIpc) is 2.72. The van der Waals surface area contributed by atoms with Crippen molar-refractivity contribution in [1.29, 1.82) is 0 Å². The summed E-state index contributed by atoms with van der Waals surface area (Å²) in [5, 5.41) is 27.6. The Morgan fingerprint density at radius 2 is 1.21 bits per heavy atom. The van der Waals surface area contributed by atoms with Crippen LogP contribution in [0.4, 0.5) is 0 Å². The standard InChI is InChI=1S/C23H44O5/c1-2-3-4-5-6-7-8-9-10-11-12-13-14-15-16-17-22(27)28-21-23(18-24,19-25)20-26/h12-13,24-26H,2-11,14-21H2,1H3/b13-12-. The molecular weight excluding hydrogens is 356 g/mol. The van der Waals surface area contributed by atoms with Crippen LogP contribution in [0.25, 0.3) is 0 Å². The van der Waals surface area contributed by atoms with Gasteiger partial charge in [0.1, 0.15) is 6.61 Å². The molecule has 0 saturated heterocycles. The van der Waals surface area contributed by atoms with Crippen molar-refractivity contribution in [2.24, 2.45) is 5.41 Å². The zero-order chi connectivity index (χ0) is 20.9. The van der Waals surface area contributed by atoms with Crippen molar-refractivity contribution in [2.75, 3.05) is 26.4 Å². The first-order valence-electron chi connectivity index (χ1n) is 11.3. The van der Waals surface area contributed by atoms with Gasteiger partial charge >= 0.3 is 5.97 Å². The molecule has 5 nitrogen and oxygen atoms in total. The molecule has 0 aromatic rings. The predicted octanol–water partition coefficient (Wildman–Crippen LogP) is 4.53. The van der Waals surface area contributed by atoms with E-state index in [0.717, 1.165) is 25.7 Å². The Hall–Kier alpha value is -0.910. The van der Waals surface area contributed by atoms with Crippen LogP contribution in [0, 0.1) is 5.41 Å². The number of aliphatic hydroxyl groups is 3. The average molecular weight is 401 g/mol. The molecule has 0 rings (SSSR count). The van der Waals surface area contributed by atoms with Gasteiger partial charge in [0.05, 0.1) is 25.2 Å². The summed E-state index contributed by atoms with van der Waals surface area (Å²) in [6.45, 7) is 0.836. The normalized spacial score (nSPS) is 12.0. The molecule has 5 heteroatoms. The van der Waals surface area contributed by atoms with Crippen molar-refractivity contribution in [2.45, 2.75) is 96.8 Å². The van der Waals surface area contributed by atoms with Gasteiger partial charge in [-0.1, -0.05) is 70.4 Å². The highest BCUT2D eigenvalue weighted by atomic mass is 16.5. The number of carbonyl (C=O) groups is 1. The summed E-state index contributed by atoms with van der Waals surface area (Å²) in [5.41, 5.74) is -1.15. The highest BCUT2D eigenvalue weighted by molar-refractivity contribution is 5.69. The number of ether oxygens (including phenoxy) is 1. The van der Waals surface area contributed by atoms with Gasteiger partial charge in [-0.2, -0.15) is 0 Å². The fourth-order valence-electron chi connectivity index (χ4n) is 2.93. The van der Waals surface area contributed by atoms with Gasteiger partial charge in [0.15, 0.2) is 0 Å². The van der Waals surface area contributed by atoms with Gasteiger partial charge in [0.2, 0.25) is 0 Å². The van der Waals surface area contributed by atoms with Gasteiger partial charge in [-0.3, -0.25) is 4.79 Å². The molecule has 0 aromatic heterocycles. The van der Waals surface area contributed by atoms with Crippen LogP contribution in [-0.4, -0.2) is 47.7 Å². The van der Waals surface area contributed by atoms with Gasteiger partial charge in [0, 0.05) is 6.42 Å². The van der Waals surface area contributed by atoms with E-state index >= 15 is 0 Å². The van der Waals surface area contributed by atoms with Gasteiger partial charge in [-0.25, -0.2) is 0 Å². The van der Waals surface area contributed by atoms with Crippen LogP contribution in [0.15, 0.2) is 12.2 Å². The Morgan fingerprint density at radius 1 is 0.750 bits per heavy atom. The molecule has 166 valence electrons. The summed E-state index contributed by atoms with van der Waals surface area (Å²) in [5.74, 6) is -0.349. The highest BCUT2D eigenvalue weighted by Crippen LogP contribution is 2.16. The minimum atomic E-state index is -1.15. The molecule has 0 saturated carbocycles. The van der Waals surface area contributed by atoms with Gasteiger partial charge < -0.3 is 20.1 Å². The van der Waals surface area contributed by atoms with E-state index in [-0.39, 0.29) is 12.6 Å². The van der Waals surface area contributed by atoms with Crippen LogP contribution in [0.5, 0.6) is 0 Å². The molecule has 0 radical (unpaired) electrons. The Labute approximate surface area is 172 Å². The molecule has 0 aliphatic heterocycles. The minimum Gasteiger partial charge on any atom is -0.465 e. The molecule has 0 spiro atoms. The molecular formula is C23H44O5. The van der Waals surface area contributed by atoms with Crippen molar-refractivity contribution in [3.8, 4) is 0 Å². The van der Waals surface area contributed by atoms with E-state index in [0.29, 0.717) is 6.42 Å². The zero-order valence-corrected chi connectivity index (χ0v) is 18.0. The van der Waals surface area contributed by atoms with E-state index in [4.69, 9.17) is 4.74 Å². The molecule has 0 aliphatic rings. The smallest absolute Gasteiger partial charge is 0.305 e. The summed E-state index contributed by atoms with van der Waals surface area (Å²) in [6.07, 6.45) is 20.8. The SMILES string of the molecule is CCCCCCCCCCC/C=C\CCCCC(=O)OCC(CO)(CO)CO. The van der Waals surface area contributed by atoms with Crippen LogP contribution >= 0.6 is 0 Å². The summed E-state index contributed by atoms with van der Waals surface area (Å²) in [6, 6.07) is 0. The molecule has 0 bridgehead atoms. The first-order valence-corrected chi connectivity index (χ1v) is 11.3. The fraction of sp³-hybridized carbons (Fsp3) is 0.870. The first kappa shape index (κ1) is 27.1. The second-order valence-corrected chi connectivity index (χ2v) is 7.97. The zero-order valence-electron chi connectivity index (χ0n) is 18.0. The van der Waals surface area contributed by atoms with Gasteiger partial charge in [0.25, 0.3) is 0 Å². The number of esters is 1. The number of rotatable bonds is 20. The second-order valence-electron chi connectivity index (χ2n) is 7.97. The maximum absolute atomic E-state index is 11.7. The van der Waals surface area contributed by atoms with Crippen LogP contribution in [0.3, 0.4) is 0 Å². The number of allylic oxidation sites excluding steroid dienone is 2. The molecule has 0 aliphatic carbocycles. The van der Waals surface area contributed by atoms with Crippen molar-refractivity contribution < 1.29 is 24.9 Å². The van der Waals surface area contributed by atoms with Crippen molar-refractivity contribution >= 4 is 5.97 Å². The molecule has 0 heterocycles. The maximum atomic E-state index is 11.7. The van der Waals surface area contributed by atoms with Crippen molar-refractivity contribution in [1.82, 2.24) is 0 Å². The van der Waals surface area contributed by atoms with Crippen LogP contribution in [-0.2, 0) is 9.53 Å². The predicted molar refractivity (Wildman–Crippen MR) is 114 cm³/mol. The summed E-state index contributed by atoms with van der Waals surface area (Å²) in [4.78, 5) is 11.7. The lowest BCUT2D eigenvalue weighted by Gasteiger charge is -2.26. The lowest BCUT2D eigenvalue weighted by Crippen LogP contribution is -2.39. The number of carbonyl (C=O) groups excluding carboxylic acids is 1. The summed E-state index contributed by atoms with van der Waals surface area (Å²) in [7, 11) is 0. The van der Waals surface area contributed by atoms with E-state index in [9.17, 15) is 20.1 Å². The Bertz CT molecular complexity index is 369. The van der Waals surface area contributed by atoms with E-state index in [2.05, 4.69) is 19.1 Å². The van der Waals surface area contributed by atoms with Crippen LogP contribution < -0.4 is 0 Å². The summed E-state index contributed by atoms with van der Waals surface area (Å²) >= 11 is 0. The van der Waals surface area contributed by atoms with Crippen LogP contribution in [0.2, 0.25) is 0 Å². The Morgan fingerprint density at radius 3 is 1.71 bits per heavy atom. The third-order valence-electron chi connectivity index (χ3n) is 5.19. The molecule has 0 amide bonds. The number of aliphatic hydroxyl groups excluding tert-OH is 3. The second kappa shape index (κ2) is 19.4. The lowest BCUT2D eigenvalue weighted by atomic mass is 9.93. The number of hydrogen-bond acceptors (Lipinski definition) is 5. The molecule has 0 fully saturated rings. The topological polar surface area (TPSA) is 87.0 Å².